The van der Waals surface area contributed by atoms with Gasteiger partial charge in [-0.15, -0.1) is 0 Å². The van der Waals surface area contributed by atoms with E-state index >= 15 is 0 Å². The summed E-state index contributed by atoms with van der Waals surface area (Å²) < 4.78 is 16.3. The number of rotatable bonds is 5. The van der Waals surface area contributed by atoms with Gasteiger partial charge in [0.05, 0.1) is 19.1 Å². The van der Waals surface area contributed by atoms with Crippen LogP contribution in [-0.4, -0.2) is 79.8 Å². The molecular weight excluding hydrogens is 372 g/mol. The molecule has 0 radical (unpaired) electrons. The minimum absolute atomic E-state index is 0.0931. The number of piperidine rings is 1. The average molecular weight is 402 g/mol. The molecule has 3 aliphatic rings. The Morgan fingerprint density at radius 2 is 1.93 bits per heavy atom. The van der Waals surface area contributed by atoms with Gasteiger partial charge in [0.1, 0.15) is 5.75 Å². The van der Waals surface area contributed by atoms with Crippen molar-refractivity contribution in [3.05, 3.63) is 29.8 Å². The van der Waals surface area contributed by atoms with Gasteiger partial charge in [0.25, 0.3) is 5.91 Å². The van der Waals surface area contributed by atoms with Gasteiger partial charge < -0.3 is 24.0 Å². The van der Waals surface area contributed by atoms with Gasteiger partial charge in [0, 0.05) is 39.5 Å². The van der Waals surface area contributed by atoms with Crippen molar-refractivity contribution in [3.63, 3.8) is 0 Å². The Bertz CT molecular complexity index is 753. The normalized spacial score (nSPS) is 24.5. The summed E-state index contributed by atoms with van der Waals surface area (Å²) in [5.41, 5.74) is 0.736. The Morgan fingerprint density at radius 1 is 1.21 bits per heavy atom. The zero-order chi connectivity index (χ0) is 20.4. The molecule has 158 valence electrons. The zero-order valence-electron chi connectivity index (χ0n) is 17.3. The van der Waals surface area contributed by atoms with Crippen molar-refractivity contribution in [2.45, 2.75) is 49.8 Å². The number of benzene rings is 1. The highest BCUT2D eigenvalue weighted by Gasteiger charge is 2.62. The highest BCUT2D eigenvalue weighted by molar-refractivity contribution is 5.91. The van der Waals surface area contributed by atoms with Crippen LogP contribution in [0.4, 0.5) is 0 Å². The molecule has 4 rings (SSSR count). The van der Waals surface area contributed by atoms with Gasteiger partial charge in [0.2, 0.25) is 5.91 Å². The van der Waals surface area contributed by atoms with E-state index in [0.717, 1.165) is 37.0 Å². The number of carbonyl (C=O) groups excluding carboxylic acids is 2. The van der Waals surface area contributed by atoms with Crippen molar-refractivity contribution >= 4 is 11.8 Å². The Kier molecular flexibility index (Phi) is 5.79. The van der Waals surface area contributed by atoms with Crippen LogP contribution in [-0.2, 0) is 25.5 Å². The molecule has 1 atom stereocenters. The molecule has 7 heteroatoms. The number of methoxy groups -OCH3 is 2. The maximum absolute atomic E-state index is 12.8. The summed E-state index contributed by atoms with van der Waals surface area (Å²) in [7, 11) is 3.25. The van der Waals surface area contributed by atoms with Crippen molar-refractivity contribution in [3.8, 4) is 5.75 Å². The van der Waals surface area contributed by atoms with E-state index in [4.69, 9.17) is 14.2 Å². The first kappa shape index (κ1) is 20.2. The molecular formula is C22H30N2O5. The summed E-state index contributed by atoms with van der Waals surface area (Å²) in [6, 6.07) is 7.81. The van der Waals surface area contributed by atoms with E-state index < -0.39 is 0 Å². The average Bonchev–Trinajstić information content (AvgIpc) is 2.75. The van der Waals surface area contributed by atoms with E-state index in [0.29, 0.717) is 32.7 Å². The first-order chi connectivity index (χ1) is 14.1. The van der Waals surface area contributed by atoms with Crippen LogP contribution in [0, 0.1) is 0 Å². The standard InChI is InChI=1S/C22H30N2O5/c1-27-18-5-3-4-16(14-18)15-19(25)23-10-6-17(7-11-23)24-21(26)20(28-2)22(24)8-12-29-13-9-22/h3-5,14,17,20H,6-13,15H2,1-2H3. The number of β-lactam (4-membered cyclic amide) rings is 1. The van der Waals surface area contributed by atoms with Gasteiger partial charge in [-0.2, -0.15) is 0 Å². The quantitative estimate of drug-likeness (QED) is 0.701. The van der Waals surface area contributed by atoms with Crippen LogP contribution in [0.5, 0.6) is 5.75 Å². The first-order valence-electron chi connectivity index (χ1n) is 10.4. The second-order valence-corrected chi connectivity index (χ2v) is 8.18. The number of nitrogens with zero attached hydrogens (tertiary/aromatic N) is 2. The fourth-order valence-electron chi connectivity index (χ4n) is 5.17. The largest absolute Gasteiger partial charge is 0.497 e. The maximum Gasteiger partial charge on any atom is 0.254 e. The molecule has 1 unspecified atom stereocenters. The molecule has 29 heavy (non-hydrogen) atoms. The lowest BCUT2D eigenvalue weighted by molar-refractivity contribution is -0.213. The van der Waals surface area contributed by atoms with E-state index in [-0.39, 0.29) is 29.5 Å². The summed E-state index contributed by atoms with van der Waals surface area (Å²) in [5, 5.41) is 0. The SMILES string of the molecule is COc1cccc(CC(=O)N2CCC(N3C(=O)C(OC)C34CCOCC4)CC2)c1. The van der Waals surface area contributed by atoms with Gasteiger partial charge in [-0.3, -0.25) is 9.59 Å². The van der Waals surface area contributed by atoms with E-state index in [1.807, 2.05) is 29.2 Å². The molecule has 3 saturated heterocycles. The Morgan fingerprint density at radius 3 is 2.59 bits per heavy atom. The van der Waals surface area contributed by atoms with Crippen molar-refractivity contribution in [1.82, 2.24) is 9.80 Å². The molecule has 3 fully saturated rings. The van der Waals surface area contributed by atoms with Crippen LogP contribution < -0.4 is 4.74 Å². The molecule has 0 bridgehead atoms. The number of carbonyl (C=O) groups is 2. The minimum atomic E-state index is -0.348. The van der Waals surface area contributed by atoms with Crippen LogP contribution in [0.2, 0.25) is 0 Å². The summed E-state index contributed by atoms with van der Waals surface area (Å²) in [6.07, 6.45) is 3.30. The van der Waals surface area contributed by atoms with Crippen LogP contribution in [0.3, 0.4) is 0 Å². The van der Waals surface area contributed by atoms with Crippen molar-refractivity contribution in [1.29, 1.82) is 0 Å². The van der Waals surface area contributed by atoms with Gasteiger partial charge in [-0.05, 0) is 43.4 Å². The molecule has 3 heterocycles. The predicted molar refractivity (Wildman–Crippen MR) is 107 cm³/mol. The number of amides is 2. The second kappa shape index (κ2) is 8.32. The van der Waals surface area contributed by atoms with Crippen LogP contribution in [0.25, 0.3) is 0 Å². The third-order valence-electron chi connectivity index (χ3n) is 6.70. The second-order valence-electron chi connectivity index (χ2n) is 8.18. The van der Waals surface area contributed by atoms with Crippen LogP contribution >= 0.6 is 0 Å². The molecule has 0 aromatic heterocycles. The van der Waals surface area contributed by atoms with E-state index in [1.165, 1.54) is 0 Å². The first-order valence-corrected chi connectivity index (χ1v) is 10.4. The summed E-state index contributed by atoms with van der Waals surface area (Å²) in [5.74, 6) is 0.984. The fourth-order valence-corrected chi connectivity index (χ4v) is 5.17. The number of hydrogen-bond acceptors (Lipinski definition) is 5. The molecule has 0 saturated carbocycles. The Labute approximate surface area is 171 Å². The topological polar surface area (TPSA) is 68.3 Å². The van der Waals surface area contributed by atoms with Crippen molar-refractivity contribution < 1.29 is 23.8 Å². The third-order valence-corrected chi connectivity index (χ3v) is 6.70. The zero-order valence-corrected chi connectivity index (χ0v) is 17.3. The molecule has 3 aliphatic heterocycles. The van der Waals surface area contributed by atoms with Gasteiger partial charge >= 0.3 is 0 Å². The number of hydrogen-bond donors (Lipinski definition) is 0. The lowest BCUT2D eigenvalue weighted by atomic mass is 9.72. The van der Waals surface area contributed by atoms with Crippen molar-refractivity contribution in [2.75, 3.05) is 40.5 Å². The fraction of sp³-hybridized carbons (Fsp3) is 0.636. The Balaban J connectivity index is 1.36. The molecule has 0 N–H and O–H groups in total. The number of likely N-dealkylation sites (tertiary alicyclic amines) is 2. The highest BCUT2D eigenvalue weighted by atomic mass is 16.5. The van der Waals surface area contributed by atoms with E-state index in [1.54, 1.807) is 14.2 Å². The summed E-state index contributed by atoms with van der Waals surface area (Å²) >= 11 is 0. The van der Waals surface area contributed by atoms with Gasteiger partial charge in [0.15, 0.2) is 6.10 Å². The van der Waals surface area contributed by atoms with Gasteiger partial charge in [-0.1, -0.05) is 12.1 Å². The van der Waals surface area contributed by atoms with E-state index in [9.17, 15) is 9.59 Å². The number of ether oxygens (including phenoxy) is 3. The minimum Gasteiger partial charge on any atom is -0.497 e. The summed E-state index contributed by atoms with van der Waals surface area (Å²) in [4.78, 5) is 29.5. The van der Waals surface area contributed by atoms with E-state index in [2.05, 4.69) is 4.90 Å². The molecule has 1 aromatic carbocycles. The molecule has 0 aliphatic carbocycles. The lowest BCUT2D eigenvalue weighted by Crippen LogP contribution is -2.79. The monoisotopic (exact) mass is 402 g/mol. The maximum atomic E-state index is 12.8. The van der Waals surface area contributed by atoms with Gasteiger partial charge in [-0.25, -0.2) is 0 Å². The predicted octanol–water partition coefficient (Wildman–Crippen LogP) is 1.64. The molecule has 2 amide bonds. The third kappa shape index (κ3) is 3.62. The molecule has 1 spiro atoms. The molecule has 7 nitrogen and oxygen atoms in total. The molecule has 1 aromatic rings. The summed E-state index contributed by atoms with van der Waals surface area (Å²) in [6.45, 7) is 2.70. The van der Waals surface area contributed by atoms with Crippen LogP contribution in [0.1, 0.15) is 31.2 Å². The highest BCUT2D eigenvalue weighted by Crippen LogP contribution is 2.45. The van der Waals surface area contributed by atoms with Crippen LogP contribution in [0.15, 0.2) is 24.3 Å². The Hall–Kier alpha value is -2.12. The van der Waals surface area contributed by atoms with Crippen molar-refractivity contribution in [2.24, 2.45) is 0 Å². The lowest BCUT2D eigenvalue weighted by Gasteiger charge is -2.61. The smallest absolute Gasteiger partial charge is 0.254 e.